The van der Waals surface area contributed by atoms with Gasteiger partial charge >= 0.3 is 5.97 Å². The number of aromatic carboxylic acids is 1. The van der Waals surface area contributed by atoms with Gasteiger partial charge in [-0.3, -0.25) is 0 Å². The Morgan fingerprint density at radius 3 is 2.56 bits per heavy atom. The summed E-state index contributed by atoms with van der Waals surface area (Å²) in [6.45, 7) is 1.96. The van der Waals surface area contributed by atoms with E-state index in [4.69, 9.17) is 9.84 Å². The zero-order valence-corrected chi connectivity index (χ0v) is 10.0. The van der Waals surface area contributed by atoms with Gasteiger partial charge in [0.05, 0.1) is 12.8 Å². The van der Waals surface area contributed by atoms with Crippen LogP contribution in [0.15, 0.2) is 30.3 Å². The number of hydrogen-bond donors (Lipinski definition) is 1. The second-order valence-corrected chi connectivity index (χ2v) is 3.81. The number of hydrogen-bond acceptors (Lipinski definition) is 4. The molecule has 0 atom stereocenters. The molecule has 0 unspecified atom stereocenters. The molecule has 1 N–H and O–H groups in total. The number of rotatable bonds is 3. The molecule has 0 bridgehead atoms. The van der Waals surface area contributed by atoms with Crippen molar-refractivity contribution >= 4 is 5.97 Å². The molecule has 0 aliphatic carbocycles. The van der Waals surface area contributed by atoms with E-state index in [1.807, 2.05) is 25.1 Å². The van der Waals surface area contributed by atoms with Crippen LogP contribution in [0.4, 0.5) is 0 Å². The van der Waals surface area contributed by atoms with Crippen molar-refractivity contribution in [2.24, 2.45) is 0 Å². The van der Waals surface area contributed by atoms with Crippen molar-refractivity contribution in [1.29, 1.82) is 0 Å². The highest BCUT2D eigenvalue weighted by Gasteiger charge is 2.10. The lowest BCUT2D eigenvalue weighted by molar-refractivity contribution is 0.0689. The maximum Gasteiger partial charge on any atom is 0.356 e. The molecule has 92 valence electrons. The summed E-state index contributed by atoms with van der Waals surface area (Å²) in [6, 6.07) is 8.74. The van der Waals surface area contributed by atoms with Crippen LogP contribution >= 0.6 is 0 Å². The van der Waals surface area contributed by atoms with Crippen molar-refractivity contribution in [3.05, 3.63) is 41.6 Å². The number of carbonyl (C=O) groups is 1. The van der Waals surface area contributed by atoms with Gasteiger partial charge in [0.15, 0.2) is 5.69 Å². The van der Waals surface area contributed by atoms with Crippen LogP contribution in [0.25, 0.3) is 11.3 Å². The fourth-order valence-corrected chi connectivity index (χ4v) is 1.61. The van der Waals surface area contributed by atoms with Crippen LogP contribution in [-0.2, 0) is 0 Å². The molecule has 2 aromatic rings. The summed E-state index contributed by atoms with van der Waals surface area (Å²) >= 11 is 0. The topological polar surface area (TPSA) is 72.3 Å². The summed E-state index contributed by atoms with van der Waals surface area (Å²) in [5.41, 5.74) is 2.36. The highest BCUT2D eigenvalue weighted by Crippen LogP contribution is 2.28. The standard InChI is InChI=1S/C13H12N2O3/c1-8-3-6-12(18-2)9(7-8)10-4-5-11(13(16)17)15-14-10/h3-7H,1-2H3,(H,16,17). The number of methoxy groups -OCH3 is 1. The average Bonchev–Trinajstić information content (AvgIpc) is 2.39. The minimum Gasteiger partial charge on any atom is -0.496 e. The quantitative estimate of drug-likeness (QED) is 0.895. The van der Waals surface area contributed by atoms with Crippen LogP contribution in [-0.4, -0.2) is 28.4 Å². The Morgan fingerprint density at radius 1 is 1.22 bits per heavy atom. The SMILES string of the molecule is COc1ccc(C)cc1-c1ccc(C(=O)O)nn1. The van der Waals surface area contributed by atoms with E-state index in [2.05, 4.69) is 10.2 Å². The summed E-state index contributed by atoms with van der Waals surface area (Å²) < 4.78 is 5.25. The van der Waals surface area contributed by atoms with Gasteiger partial charge in [0.1, 0.15) is 5.75 Å². The highest BCUT2D eigenvalue weighted by atomic mass is 16.5. The van der Waals surface area contributed by atoms with Gasteiger partial charge in [-0.1, -0.05) is 11.6 Å². The van der Waals surface area contributed by atoms with Crippen molar-refractivity contribution in [3.63, 3.8) is 0 Å². The predicted octanol–water partition coefficient (Wildman–Crippen LogP) is 2.16. The Bertz CT molecular complexity index is 579. The molecule has 18 heavy (non-hydrogen) atoms. The fourth-order valence-electron chi connectivity index (χ4n) is 1.61. The monoisotopic (exact) mass is 244 g/mol. The van der Waals surface area contributed by atoms with Crippen molar-refractivity contribution in [2.75, 3.05) is 7.11 Å². The number of carboxylic acids is 1. The van der Waals surface area contributed by atoms with E-state index in [0.717, 1.165) is 11.1 Å². The molecular formula is C13H12N2O3. The molecule has 0 fully saturated rings. The number of aryl methyl sites for hydroxylation is 1. The summed E-state index contributed by atoms with van der Waals surface area (Å²) in [5, 5.41) is 16.3. The van der Waals surface area contributed by atoms with Crippen LogP contribution in [0.3, 0.4) is 0 Å². The smallest absolute Gasteiger partial charge is 0.356 e. The van der Waals surface area contributed by atoms with E-state index in [9.17, 15) is 4.79 Å². The molecule has 0 aliphatic heterocycles. The van der Waals surface area contributed by atoms with E-state index >= 15 is 0 Å². The summed E-state index contributed by atoms with van der Waals surface area (Å²) in [5.74, 6) is -0.414. The van der Waals surface area contributed by atoms with Crippen molar-refractivity contribution in [2.45, 2.75) is 6.92 Å². The number of benzene rings is 1. The molecule has 0 spiro atoms. The van der Waals surface area contributed by atoms with Gasteiger partial charge in [0.25, 0.3) is 0 Å². The molecule has 5 nitrogen and oxygen atoms in total. The molecule has 0 amide bonds. The van der Waals surface area contributed by atoms with E-state index in [0.29, 0.717) is 11.4 Å². The van der Waals surface area contributed by atoms with E-state index in [1.165, 1.54) is 6.07 Å². The van der Waals surface area contributed by atoms with E-state index in [-0.39, 0.29) is 5.69 Å². The lowest BCUT2D eigenvalue weighted by Gasteiger charge is -2.08. The molecule has 1 aromatic carbocycles. The average molecular weight is 244 g/mol. The van der Waals surface area contributed by atoms with Gasteiger partial charge in [0.2, 0.25) is 0 Å². The Labute approximate surface area is 104 Å². The minimum absolute atomic E-state index is 0.0784. The maximum absolute atomic E-state index is 10.7. The van der Waals surface area contributed by atoms with Crippen LogP contribution in [0, 0.1) is 6.92 Å². The van der Waals surface area contributed by atoms with Gasteiger partial charge in [-0.2, -0.15) is 0 Å². The molecule has 1 heterocycles. The number of aromatic nitrogens is 2. The van der Waals surface area contributed by atoms with Crippen molar-refractivity contribution < 1.29 is 14.6 Å². The van der Waals surface area contributed by atoms with E-state index < -0.39 is 5.97 Å². The normalized spacial score (nSPS) is 10.1. The fraction of sp³-hybridized carbons (Fsp3) is 0.154. The Morgan fingerprint density at radius 2 is 2.00 bits per heavy atom. The Balaban J connectivity index is 2.48. The first-order valence-corrected chi connectivity index (χ1v) is 5.34. The first-order chi connectivity index (χ1) is 8.61. The molecule has 0 saturated heterocycles. The molecule has 0 radical (unpaired) electrons. The molecular weight excluding hydrogens is 232 g/mol. The van der Waals surface area contributed by atoms with Crippen molar-refractivity contribution in [3.8, 4) is 17.0 Å². The third-order valence-corrected chi connectivity index (χ3v) is 2.51. The van der Waals surface area contributed by atoms with Crippen LogP contribution in [0.2, 0.25) is 0 Å². The van der Waals surface area contributed by atoms with Gasteiger partial charge < -0.3 is 9.84 Å². The third-order valence-electron chi connectivity index (χ3n) is 2.51. The molecule has 5 heteroatoms. The lowest BCUT2D eigenvalue weighted by Crippen LogP contribution is -2.02. The van der Waals surface area contributed by atoms with Gasteiger partial charge in [-0.05, 0) is 31.2 Å². The zero-order valence-electron chi connectivity index (χ0n) is 10.0. The first kappa shape index (κ1) is 12.0. The van der Waals surface area contributed by atoms with Crippen LogP contribution in [0.5, 0.6) is 5.75 Å². The zero-order chi connectivity index (χ0) is 13.1. The number of nitrogens with zero attached hydrogens (tertiary/aromatic N) is 2. The Kier molecular flexibility index (Phi) is 3.23. The molecule has 0 aliphatic rings. The number of carboxylic acid groups (broad SMARTS) is 1. The molecule has 2 rings (SSSR count). The van der Waals surface area contributed by atoms with Crippen LogP contribution in [0.1, 0.15) is 16.1 Å². The number of ether oxygens (including phenoxy) is 1. The maximum atomic E-state index is 10.7. The van der Waals surface area contributed by atoms with Crippen LogP contribution < -0.4 is 4.74 Å². The van der Waals surface area contributed by atoms with E-state index in [1.54, 1.807) is 13.2 Å². The highest BCUT2D eigenvalue weighted by molar-refractivity contribution is 5.85. The third kappa shape index (κ3) is 2.29. The van der Waals surface area contributed by atoms with Crippen molar-refractivity contribution in [1.82, 2.24) is 10.2 Å². The van der Waals surface area contributed by atoms with Gasteiger partial charge in [-0.15, -0.1) is 10.2 Å². The molecule has 0 saturated carbocycles. The molecule has 1 aromatic heterocycles. The van der Waals surface area contributed by atoms with Gasteiger partial charge in [0, 0.05) is 5.56 Å². The minimum atomic E-state index is -1.09. The summed E-state index contributed by atoms with van der Waals surface area (Å²) in [6.07, 6.45) is 0. The lowest BCUT2D eigenvalue weighted by atomic mass is 10.1. The predicted molar refractivity (Wildman–Crippen MR) is 65.7 cm³/mol. The summed E-state index contributed by atoms with van der Waals surface area (Å²) in [7, 11) is 1.58. The summed E-state index contributed by atoms with van der Waals surface area (Å²) in [4.78, 5) is 10.7. The second kappa shape index (κ2) is 4.83. The largest absolute Gasteiger partial charge is 0.496 e. The Hall–Kier alpha value is -2.43. The first-order valence-electron chi connectivity index (χ1n) is 5.34. The van der Waals surface area contributed by atoms with Gasteiger partial charge in [-0.25, -0.2) is 4.79 Å². The second-order valence-electron chi connectivity index (χ2n) is 3.81.